The van der Waals surface area contributed by atoms with Crippen LogP contribution in [-0.2, 0) is 19.3 Å². The monoisotopic (exact) mass is 679 g/mol. The van der Waals surface area contributed by atoms with Gasteiger partial charge in [0.15, 0.2) is 0 Å². The van der Waals surface area contributed by atoms with E-state index in [9.17, 15) is 0 Å². The quantitative estimate of drug-likeness (QED) is 0.283. The Morgan fingerprint density at radius 2 is 1.03 bits per heavy atom. The second-order valence-electron chi connectivity index (χ2n) is 7.20. The normalized spacial score (nSPS) is 9.67. The van der Waals surface area contributed by atoms with Crippen LogP contribution in [0.2, 0.25) is 0 Å². The second-order valence-corrected chi connectivity index (χ2v) is 7.53. The van der Waals surface area contributed by atoms with Crippen molar-refractivity contribution in [1.82, 2.24) is 0 Å². The summed E-state index contributed by atoms with van der Waals surface area (Å²) in [5.41, 5.74) is 10.0. The maximum absolute atomic E-state index is 8.40. The maximum Gasteiger partial charge on any atom is 0 e. The molecular formula is C26H32BiO4P2-4. The molecule has 7 heteroatoms. The molecule has 0 aliphatic carbocycles. The third kappa shape index (κ3) is 10.6. The van der Waals surface area contributed by atoms with Crippen LogP contribution in [0.1, 0.15) is 50.3 Å². The topological polar surface area (TPSA) is 92.2 Å². The van der Waals surface area contributed by atoms with E-state index in [4.69, 9.17) is 19.6 Å². The van der Waals surface area contributed by atoms with Crippen LogP contribution in [0.4, 0.5) is 0 Å². The molecule has 0 unspecified atom stereocenters. The fraction of sp³-hybridized carbons (Fsp3) is 0.308. The molecule has 0 bridgehead atoms. The molecule has 179 valence electrons. The van der Waals surface area contributed by atoms with Crippen molar-refractivity contribution in [2.75, 3.05) is 0 Å². The Labute approximate surface area is 221 Å². The van der Waals surface area contributed by atoms with E-state index in [0.717, 1.165) is 19.3 Å². The Morgan fingerprint density at radius 1 is 0.576 bits per heavy atom. The van der Waals surface area contributed by atoms with Crippen LogP contribution in [0.5, 0.6) is 0 Å². The Balaban J connectivity index is 0.00000132. The molecule has 3 radical (unpaired) electrons. The summed E-state index contributed by atoms with van der Waals surface area (Å²) in [6.45, 7) is 6.83. The molecule has 0 fully saturated rings. The molecule has 0 aromatic heterocycles. The molecule has 4 nitrogen and oxygen atoms in total. The van der Waals surface area contributed by atoms with Crippen molar-refractivity contribution in [2.45, 2.75) is 52.9 Å². The third-order valence-corrected chi connectivity index (χ3v) is 5.18. The Bertz CT molecular complexity index is 889. The third-order valence-electron chi connectivity index (χ3n) is 5.18. The molecule has 0 amide bonds. The molecule has 3 rings (SSSR count). The molecule has 0 N–H and O–H groups in total. The fourth-order valence-electron chi connectivity index (χ4n) is 3.90. The van der Waals surface area contributed by atoms with Gasteiger partial charge in [-0.1, -0.05) is 100 Å². The van der Waals surface area contributed by atoms with Gasteiger partial charge >= 0.3 is 0 Å². The van der Waals surface area contributed by atoms with Gasteiger partial charge in [0, 0.05) is 26.2 Å². The molecule has 0 aliphatic rings. The van der Waals surface area contributed by atoms with Gasteiger partial charge in [0.05, 0.1) is 0 Å². The first-order valence-electron chi connectivity index (χ1n) is 10.9. The minimum absolute atomic E-state index is 0. The van der Waals surface area contributed by atoms with Gasteiger partial charge in [-0.3, -0.25) is 0 Å². The summed E-state index contributed by atoms with van der Waals surface area (Å²) in [7, 11) is -2.83. The summed E-state index contributed by atoms with van der Waals surface area (Å²) in [5, 5.41) is 0. The minimum Gasteiger partial charge on any atom is -0.844 e. The Hall–Kier alpha value is -0.757. The smallest absolute Gasteiger partial charge is 0 e. The Morgan fingerprint density at radius 3 is 1.52 bits per heavy atom. The average Bonchev–Trinajstić information content (AvgIpc) is 2.82. The van der Waals surface area contributed by atoms with Crippen LogP contribution >= 0.6 is 18.1 Å². The van der Waals surface area contributed by atoms with Crippen molar-refractivity contribution in [3.8, 4) is 22.3 Å². The summed E-state index contributed by atoms with van der Waals surface area (Å²) in [6.07, 6.45) is 5.80. The summed E-state index contributed by atoms with van der Waals surface area (Å²) < 4.78 is 0. The summed E-state index contributed by atoms with van der Waals surface area (Å²) in [4.78, 5) is 33.6. The van der Waals surface area contributed by atoms with Crippen LogP contribution in [-0.4, -0.2) is 26.2 Å². The number of hydrogen-bond donors (Lipinski definition) is 0. The van der Waals surface area contributed by atoms with E-state index in [1.807, 2.05) is 0 Å². The van der Waals surface area contributed by atoms with Gasteiger partial charge in [-0.25, -0.2) is 0 Å². The van der Waals surface area contributed by atoms with Crippen molar-refractivity contribution in [3.05, 3.63) is 83.4 Å². The SMILES string of the molecule is CCCc1ccc(CC)c(CCC)c1-c1ccc(-c2ccccc2)cc1.[Bi].[O-]P[O-].[O-]P[O-]. The molecule has 3 aromatic rings. The van der Waals surface area contributed by atoms with Crippen LogP contribution in [0, 0.1) is 0 Å². The zero-order chi connectivity index (χ0) is 23.8. The summed E-state index contributed by atoms with van der Waals surface area (Å²) in [5.74, 6) is 0. The van der Waals surface area contributed by atoms with Gasteiger partial charge in [0.25, 0.3) is 0 Å². The predicted octanol–water partition coefficient (Wildman–Crippen LogP) is 3.54. The first-order chi connectivity index (χ1) is 15.6. The van der Waals surface area contributed by atoms with Gasteiger partial charge in [0.2, 0.25) is 0 Å². The molecule has 0 aliphatic heterocycles. The molecule has 0 saturated heterocycles. The molecule has 0 atom stereocenters. The van der Waals surface area contributed by atoms with Crippen molar-refractivity contribution < 1.29 is 19.6 Å². The first kappa shape index (κ1) is 32.2. The Kier molecular flexibility index (Phi) is 19.1. The van der Waals surface area contributed by atoms with Gasteiger partial charge in [-0.05, 0) is 58.2 Å². The first-order valence-corrected chi connectivity index (χ1v) is 12.5. The van der Waals surface area contributed by atoms with Crippen LogP contribution in [0.15, 0.2) is 66.7 Å². The second kappa shape index (κ2) is 19.5. The van der Waals surface area contributed by atoms with Gasteiger partial charge in [-0.2, -0.15) is 0 Å². The molecule has 33 heavy (non-hydrogen) atoms. The van der Waals surface area contributed by atoms with E-state index < -0.39 is 18.1 Å². The number of hydrogen-bond acceptors (Lipinski definition) is 4. The van der Waals surface area contributed by atoms with Crippen LogP contribution in [0.25, 0.3) is 22.3 Å². The molecular weight excluding hydrogens is 647 g/mol. The molecule has 0 saturated carbocycles. The van der Waals surface area contributed by atoms with E-state index >= 15 is 0 Å². The summed E-state index contributed by atoms with van der Waals surface area (Å²) >= 11 is 0. The fourth-order valence-corrected chi connectivity index (χ4v) is 3.90. The zero-order valence-electron chi connectivity index (χ0n) is 19.5. The number of rotatable bonds is 7. The van der Waals surface area contributed by atoms with Crippen LogP contribution < -0.4 is 19.6 Å². The molecule has 0 spiro atoms. The van der Waals surface area contributed by atoms with Crippen molar-refractivity contribution in [1.29, 1.82) is 0 Å². The predicted molar refractivity (Wildman–Crippen MR) is 137 cm³/mol. The van der Waals surface area contributed by atoms with E-state index in [1.54, 1.807) is 5.56 Å². The van der Waals surface area contributed by atoms with E-state index in [1.165, 1.54) is 46.2 Å². The summed E-state index contributed by atoms with van der Waals surface area (Å²) in [6, 6.07) is 24.5. The minimum atomic E-state index is -1.42. The number of benzene rings is 3. The molecule has 0 heterocycles. The zero-order valence-corrected chi connectivity index (χ0v) is 24.9. The van der Waals surface area contributed by atoms with Crippen molar-refractivity contribution >= 4 is 44.3 Å². The number of aryl methyl sites for hydroxylation is 2. The standard InChI is InChI=1S/C26H30.Bi.2HO2P/c1-4-10-23-17-14-20(6-3)25(11-5-2)26(23)24-18-15-22(16-19-24)21-12-8-7-9-13-21;;2*1-3-2/h7-9,12-19H,4-6,10-11H2,1-3H3;;2*3H/q;;2*-2. The van der Waals surface area contributed by atoms with Crippen LogP contribution in [0.3, 0.4) is 0 Å². The van der Waals surface area contributed by atoms with E-state index in [2.05, 4.69) is 87.5 Å². The van der Waals surface area contributed by atoms with Gasteiger partial charge < -0.3 is 37.6 Å². The molecule has 3 aromatic carbocycles. The van der Waals surface area contributed by atoms with E-state index in [0.29, 0.717) is 0 Å². The average molecular weight is 679 g/mol. The van der Waals surface area contributed by atoms with Crippen molar-refractivity contribution in [2.24, 2.45) is 0 Å². The van der Waals surface area contributed by atoms with E-state index in [-0.39, 0.29) is 26.2 Å². The van der Waals surface area contributed by atoms with Gasteiger partial charge in [0.1, 0.15) is 0 Å². The van der Waals surface area contributed by atoms with Crippen molar-refractivity contribution in [3.63, 3.8) is 0 Å². The largest absolute Gasteiger partial charge is 0.844 e. The van der Waals surface area contributed by atoms with Gasteiger partial charge in [-0.15, -0.1) is 0 Å². The maximum atomic E-state index is 8.40.